The van der Waals surface area contributed by atoms with E-state index in [9.17, 15) is 4.39 Å². The summed E-state index contributed by atoms with van der Waals surface area (Å²) in [6.45, 7) is 9.60. The van der Waals surface area contributed by atoms with Crippen molar-refractivity contribution in [3.05, 3.63) is 29.3 Å². The Bertz CT molecular complexity index is 290. The quantitative estimate of drug-likeness (QED) is 0.637. The Morgan fingerprint density at radius 2 is 1.79 bits per heavy atom. The lowest BCUT2D eigenvalue weighted by Crippen LogP contribution is -1.90. The van der Waals surface area contributed by atoms with Gasteiger partial charge in [-0.15, -0.1) is 0 Å². The van der Waals surface area contributed by atoms with Gasteiger partial charge in [0, 0.05) is 6.20 Å². The van der Waals surface area contributed by atoms with Crippen LogP contribution >= 0.6 is 0 Å². The Morgan fingerprint density at radius 3 is 2.14 bits per heavy atom. The van der Waals surface area contributed by atoms with Crippen molar-refractivity contribution in [1.82, 2.24) is 4.98 Å². The van der Waals surface area contributed by atoms with Crippen molar-refractivity contribution in [2.45, 2.75) is 34.6 Å². The Labute approximate surface area is 85.4 Å². The fourth-order valence-corrected chi connectivity index (χ4v) is 0.618. The minimum atomic E-state index is -0.523. The van der Waals surface area contributed by atoms with Crippen LogP contribution in [0, 0.1) is 24.1 Å². The number of rotatable bonds is 0. The maximum absolute atomic E-state index is 12.7. The highest BCUT2D eigenvalue weighted by molar-refractivity contribution is 5.26. The number of aromatic nitrogens is 1. The molecule has 2 nitrogen and oxygen atoms in total. The van der Waals surface area contributed by atoms with Gasteiger partial charge in [0.1, 0.15) is 6.07 Å². The summed E-state index contributed by atoms with van der Waals surface area (Å²) in [4.78, 5) is 3.52. The molecule has 0 bridgehead atoms. The van der Waals surface area contributed by atoms with Crippen molar-refractivity contribution in [3.8, 4) is 6.07 Å². The first-order valence-electron chi connectivity index (χ1n) is 4.77. The number of nitrogens with zero attached hydrogens (tertiary/aromatic N) is 2. The largest absolute Gasteiger partial charge is 0.243 e. The van der Waals surface area contributed by atoms with Gasteiger partial charge in [0.2, 0.25) is 0 Å². The number of hydrogen-bond donors (Lipinski definition) is 0. The highest BCUT2D eigenvalue weighted by Crippen LogP contribution is 2.06. The molecule has 0 aliphatic carbocycles. The molecule has 0 spiro atoms. The molecule has 1 aromatic heterocycles. The monoisotopic (exact) mass is 196 g/mol. The van der Waals surface area contributed by atoms with Crippen LogP contribution in [-0.4, -0.2) is 4.98 Å². The second-order valence-electron chi connectivity index (χ2n) is 1.90. The number of nitriles is 1. The van der Waals surface area contributed by atoms with E-state index in [2.05, 4.69) is 4.98 Å². The summed E-state index contributed by atoms with van der Waals surface area (Å²) in [5.74, 6) is -0.523. The van der Waals surface area contributed by atoms with E-state index in [-0.39, 0.29) is 5.69 Å². The van der Waals surface area contributed by atoms with Crippen molar-refractivity contribution in [1.29, 1.82) is 5.26 Å². The molecule has 0 saturated carbocycles. The predicted molar refractivity (Wildman–Crippen MR) is 56.3 cm³/mol. The molecular weight excluding hydrogens is 179 g/mol. The van der Waals surface area contributed by atoms with Gasteiger partial charge in [0.25, 0.3) is 0 Å². The zero-order valence-electron chi connectivity index (χ0n) is 9.43. The summed E-state index contributed by atoms with van der Waals surface area (Å²) in [5.41, 5.74) is 0.312. The van der Waals surface area contributed by atoms with Crippen LogP contribution in [0.5, 0.6) is 0 Å². The lowest BCUT2D eigenvalue weighted by Gasteiger charge is -1.93. The first-order chi connectivity index (χ1) is 6.75. The summed E-state index contributed by atoms with van der Waals surface area (Å²) in [6.07, 6.45) is 1.41. The van der Waals surface area contributed by atoms with Gasteiger partial charge >= 0.3 is 0 Å². The van der Waals surface area contributed by atoms with E-state index in [0.29, 0.717) is 5.56 Å². The number of halogens is 1. The molecule has 0 radical (unpaired) electrons. The average molecular weight is 196 g/mol. The predicted octanol–water partition coefficient (Wildman–Crippen LogP) is 3.45. The van der Waals surface area contributed by atoms with Gasteiger partial charge in [0.15, 0.2) is 11.5 Å². The molecule has 0 aliphatic heterocycles. The highest BCUT2D eigenvalue weighted by Gasteiger charge is 2.02. The van der Waals surface area contributed by atoms with E-state index in [1.165, 1.54) is 12.3 Å². The van der Waals surface area contributed by atoms with Crippen LogP contribution in [0.2, 0.25) is 0 Å². The summed E-state index contributed by atoms with van der Waals surface area (Å²) in [6, 6.07) is 3.17. The van der Waals surface area contributed by atoms with Gasteiger partial charge in [-0.1, -0.05) is 27.7 Å². The molecule has 0 fully saturated rings. The van der Waals surface area contributed by atoms with Crippen LogP contribution in [0.4, 0.5) is 4.39 Å². The number of aryl methyl sites for hydroxylation is 1. The third-order valence-corrected chi connectivity index (χ3v) is 1.19. The van der Waals surface area contributed by atoms with Crippen LogP contribution in [-0.2, 0) is 0 Å². The Kier molecular flexibility index (Phi) is 10.4. The van der Waals surface area contributed by atoms with Crippen LogP contribution < -0.4 is 0 Å². The Balaban J connectivity index is 0. The molecule has 0 N–H and O–H groups in total. The van der Waals surface area contributed by atoms with Crippen molar-refractivity contribution in [2.24, 2.45) is 0 Å². The smallest absolute Gasteiger partial charge is 0.176 e. The molecule has 0 amide bonds. The fourth-order valence-electron chi connectivity index (χ4n) is 0.618. The summed E-state index contributed by atoms with van der Waals surface area (Å²) < 4.78 is 12.7. The van der Waals surface area contributed by atoms with E-state index >= 15 is 0 Å². The van der Waals surface area contributed by atoms with E-state index in [4.69, 9.17) is 5.26 Å². The molecule has 78 valence electrons. The molecule has 1 aromatic rings. The van der Waals surface area contributed by atoms with E-state index < -0.39 is 5.82 Å². The van der Waals surface area contributed by atoms with Crippen LogP contribution in [0.1, 0.15) is 39.0 Å². The zero-order valence-corrected chi connectivity index (χ0v) is 9.43. The van der Waals surface area contributed by atoms with Gasteiger partial charge in [-0.05, 0) is 18.6 Å². The van der Waals surface area contributed by atoms with Crippen molar-refractivity contribution in [3.63, 3.8) is 0 Å². The Morgan fingerprint density at radius 1 is 1.29 bits per heavy atom. The van der Waals surface area contributed by atoms with Gasteiger partial charge < -0.3 is 0 Å². The molecule has 1 heterocycles. The van der Waals surface area contributed by atoms with Crippen LogP contribution in [0.15, 0.2) is 12.3 Å². The maximum Gasteiger partial charge on any atom is 0.176 e. The molecule has 0 aromatic carbocycles. The van der Waals surface area contributed by atoms with Crippen molar-refractivity contribution < 1.29 is 4.39 Å². The van der Waals surface area contributed by atoms with Crippen LogP contribution in [0.3, 0.4) is 0 Å². The number of hydrogen-bond acceptors (Lipinski definition) is 2. The average Bonchev–Trinajstić information content (AvgIpc) is 2.28. The van der Waals surface area contributed by atoms with Gasteiger partial charge in [-0.3, -0.25) is 0 Å². The first-order valence-corrected chi connectivity index (χ1v) is 4.77. The van der Waals surface area contributed by atoms with Crippen molar-refractivity contribution in [2.75, 3.05) is 0 Å². The summed E-state index contributed by atoms with van der Waals surface area (Å²) in [5, 5.41) is 8.29. The lowest BCUT2D eigenvalue weighted by atomic mass is 10.2. The summed E-state index contributed by atoms with van der Waals surface area (Å²) in [7, 11) is 0. The highest BCUT2D eigenvalue weighted by atomic mass is 19.1. The molecule has 0 aliphatic rings. The molecule has 14 heavy (non-hydrogen) atoms. The molecule has 3 heteroatoms. The maximum atomic E-state index is 12.7. The normalized spacial score (nSPS) is 7.21. The SMILES string of the molecule is CC.CC.Cc1ccnc(C#N)c1F. The minimum Gasteiger partial charge on any atom is -0.243 e. The van der Waals surface area contributed by atoms with Gasteiger partial charge in [0.05, 0.1) is 0 Å². The Hall–Kier alpha value is -1.43. The molecule has 0 saturated heterocycles. The molecule has 1 rings (SSSR count). The minimum absolute atomic E-state index is 0.139. The standard InChI is InChI=1S/C7H5FN2.2C2H6/c1-5-2-3-10-6(4-9)7(5)8;2*1-2/h2-3H,1H3;2*1-2H3. The van der Waals surface area contributed by atoms with E-state index in [0.717, 1.165) is 0 Å². The van der Waals surface area contributed by atoms with Gasteiger partial charge in [-0.2, -0.15) is 5.26 Å². The van der Waals surface area contributed by atoms with E-state index in [1.807, 2.05) is 27.7 Å². The first kappa shape index (κ1) is 15.1. The summed E-state index contributed by atoms with van der Waals surface area (Å²) >= 11 is 0. The molecule has 0 unspecified atom stereocenters. The van der Waals surface area contributed by atoms with Gasteiger partial charge in [-0.25, -0.2) is 9.37 Å². The second-order valence-corrected chi connectivity index (χ2v) is 1.90. The zero-order chi connectivity index (χ0) is 11.6. The van der Waals surface area contributed by atoms with Crippen molar-refractivity contribution >= 4 is 0 Å². The van der Waals surface area contributed by atoms with E-state index in [1.54, 1.807) is 13.0 Å². The van der Waals surface area contributed by atoms with Crippen LogP contribution in [0.25, 0.3) is 0 Å². The third-order valence-electron chi connectivity index (χ3n) is 1.19. The fraction of sp³-hybridized carbons (Fsp3) is 0.455. The topological polar surface area (TPSA) is 36.7 Å². The lowest BCUT2D eigenvalue weighted by molar-refractivity contribution is 0.607. The molecular formula is C11H17FN2. The molecule has 0 atom stereocenters. The number of pyridine rings is 1. The second kappa shape index (κ2) is 9.66. The third kappa shape index (κ3) is 4.56.